The van der Waals surface area contributed by atoms with E-state index in [1.807, 2.05) is 60.4 Å². The number of thioether (sulfide) groups is 1. The quantitative estimate of drug-likeness (QED) is 0.807. The van der Waals surface area contributed by atoms with Crippen molar-refractivity contribution in [2.75, 3.05) is 12.3 Å². The molecule has 1 aliphatic rings. The van der Waals surface area contributed by atoms with Crippen molar-refractivity contribution in [2.24, 2.45) is 0 Å². The Morgan fingerprint density at radius 3 is 2.81 bits per heavy atom. The van der Waals surface area contributed by atoms with Crippen LogP contribution in [0.25, 0.3) is 6.08 Å². The summed E-state index contributed by atoms with van der Waals surface area (Å²) in [7, 11) is 0. The van der Waals surface area contributed by atoms with Gasteiger partial charge in [-0.05, 0) is 30.7 Å². The number of hydrogen-bond donors (Lipinski definition) is 0. The van der Waals surface area contributed by atoms with E-state index < -0.39 is 0 Å². The van der Waals surface area contributed by atoms with Crippen molar-refractivity contribution in [3.63, 3.8) is 0 Å². The number of rotatable bonds is 3. The van der Waals surface area contributed by atoms with Gasteiger partial charge in [-0.3, -0.25) is 4.79 Å². The van der Waals surface area contributed by atoms with Crippen LogP contribution in [-0.2, 0) is 4.79 Å². The summed E-state index contributed by atoms with van der Waals surface area (Å²) in [6, 6.07) is 13.8. The minimum Gasteiger partial charge on any atom is -0.463 e. The van der Waals surface area contributed by atoms with E-state index in [9.17, 15) is 4.79 Å². The Kier molecular flexibility index (Phi) is 4.15. The van der Waals surface area contributed by atoms with E-state index in [1.165, 1.54) is 0 Å². The number of furan rings is 1. The number of benzene rings is 1. The van der Waals surface area contributed by atoms with Crippen molar-refractivity contribution >= 4 is 23.7 Å². The molecule has 21 heavy (non-hydrogen) atoms. The van der Waals surface area contributed by atoms with Gasteiger partial charge in [-0.15, -0.1) is 11.8 Å². The van der Waals surface area contributed by atoms with Crippen molar-refractivity contribution < 1.29 is 9.21 Å². The average molecular weight is 299 g/mol. The van der Waals surface area contributed by atoms with E-state index in [1.54, 1.807) is 17.8 Å². The third-order valence-electron chi connectivity index (χ3n) is 3.40. The first-order valence-corrected chi connectivity index (χ1v) is 8.00. The molecule has 0 aliphatic carbocycles. The van der Waals surface area contributed by atoms with Crippen LogP contribution in [0.3, 0.4) is 0 Å². The first-order chi connectivity index (χ1) is 10.2. The molecule has 1 saturated heterocycles. The number of amides is 1. The number of carbonyl (C=O) groups is 1. The van der Waals surface area contributed by atoms with Gasteiger partial charge in [0.2, 0.25) is 5.91 Å². The number of hydrogen-bond acceptors (Lipinski definition) is 3. The van der Waals surface area contributed by atoms with Gasteiger partial charge in [-0.2, -0.15) is 0 Å². The molecule has 108 valence electrons. The summed E-state index contributed by atoms with van der Waals surface area (Å²) in [6.07, 6.45) is 3.50. The lowest BCUT2D eigenvalue weighted by molar-refractivity contribution is -0.126. The number of aryl methyl sites for hydroxylation is 1. The standard InChI is InChI=1S/C17H17NO2S/c1-13-7-9-15(20-13)17-18(11-12-21-17)16(19)10-8-14-5-3-2-4-6-14/h2-10,17H,11-12H2,1H3/b10-8+. The van der Waals surface area contributed by atoms with Crippen LogP contribution in [0, 0.1) is 6.92 Å². The van der Waals surface area contributed by atoms with Crippen LogP contribution in [0.15, 0.2) is 53.0 Å². The fourth-order valence-electron chi connectivity index (χ4n) is 2.34. The third-order valence-corrected chi connectivity index (χ3v) is 4.62. The highest BCUT2D eigenvalue weighted by atomic mass is 32.2. The molecule has 1 aliphatic heterocycles. The minimum absolute atomic E-state index is 0.00776. The highest BCUT2D eigenvalue weighted by Gasteiger charge is 2.31. The second kappa shape index (κ2) is 6.22. The second-order valence-corrected chi connectivity index (χ2v) is 6.14. The van der Waals surface area contributed by atoms with Gasteiger partial charge in [0.15, 0.2) is 0 Å². The zero-order chi connectivity index (χ0) is 14.7. The molecule has 0 spiro atoms. The summed E-state index contributed by atoms with van der Waals surface area (Å²) in [6.45, 7) is 2.68. The van der Waals surface area contributed by atoms with Crippen molar-refractivity contribution in [1.82, 2.24) is 4.90 Å². The van der Waals surface area contributed by atoms with Crippen LogP contribution in [0.4, 0.5) is 0 Å². The Morgan fingerprint density at radius 1 is 1.29 bits per heavy atom. The normalized spacial score (nSPS) is 18.5. The largest absolute Gasteiger partial charge is 0.463 e. The van der Waals surface area contributed by atoms with Gasteiger partial charge in [0.25, 0.3) is 0 Å². The van der Waals surface area contributed by atoms with Gasteiger partial charge < -0.3 is 9.32 Å². The molecular formula is C17H17NO2S. The van der Waals surface area contributed by atoms with E-state index in [2.05, 4.69) is 0 Å². The van der Waals surface area contributed by atoms with Gasteiger partial charge in [-0.25, -0.2) is 0 Å². The zero-order valence-corrected chi connectivity index (χ0v) is 12.7. The van der Waals surface area contributed by atoms with Gasteiger partial charge in [0.1, 0.15) is 16.9 Å². The van der Waals surface area contributed by atoms with Gasteiger partial charge in [-0.1, -0.05) is 30.3 Å². The number of carbonyl (C=O) groups excluding carboxylic acids is 1. The maximum absolute atomic E-state index is 12.4. The Labute approximate surface area is 128 Å². The predicted molar refractivity (Wildman–Crippen MR) is 85.8 cm³/mol. The van der Waals surface area contributed by atoms with E-state index in [0.717, 1.165) is 29.4 Å². The van der Waals surface area contributed by atoms with Gasteiger partial charge in [0.05, 0.1) is 0 Å². The van der Waals surface area contributed by atoms with E-state index in [-0.39, 0.29) is 11.3 Å². The molecule has 0 saturated carbocycles. The molecule has 3 nitrogen and oxygen atoms in total. The molecule has 3 rings (SSSR count). The van der Waals surface area contributed by atoms with Crippen molar-refractivity contribution in [3.8, 4) is 0 Å². The monoisotopic (exact) mass is 299 g/mol. The topological polar surface area (TPSA) is 33.5 Å². The Morgan fingerprint density at radius 2 is 2.10 bits per heavy atom. The summed E-state index contributed by atoms with van der Waals surface area (Å²) in [5.74, 6) is 2.71. The molecule has 1 atom stereocenters. The summed E-state index contributed by atoms with van der Waals surface area (Å²) in [5, 5.41) is -0.00776. The molecule has 0 radical (unpaired) electrons. The molecule has 1 aromatic carbocycles. The molecule has 0 N–H and O–H groups in total. The molecular weight excluding hydrogens is 282 g/mol. The Hall–Kier alpha value is -1.94. The lowest BCUT2D eigenvalue weighted by Gasteiger charge is -2.20. The first-order valence-electron chi connectivity index (χ1n) is 6.96. The van der Waals surface area contributed by atoms with Crippen molar-refractivity contribution in [1.29, 1.82) is 0 Å². The molecule has 1 fully saturated rings. The Balaban J connectivity index is 1.73. The van der Waals surface area contributed by atoms with Crippen LogP contribution < -0.4 is 0 Å². The lowest BCUT2D eigenvalue weighted by Crippen LogP contribution is -2.28. The van der Waals surface area contributed by atoms with E-state index in [4.69, 9.17) is 4.42 Å². The molecule has 1 aromatic heterocycles. The Bertz CT molecular complexity index is 648. The lowest BCUT2D eigenvalue weighted by atomic mass is 10.2. The van der Waals surface area contributed by atoms with Gasteiger partial charge >= 0.3 is 0 Å². The first kappa shape index (κ1) is 14.0. The van der Waals surface area contributed by atoms with E-state index >= 15 is 0 Å². The van der Waals surface area contributed by atoms with Crippen LogP contribution >= 0.6 is 11.8 Å². The van der Waals surface area contributed by atoms with Crippen LogP contribution in [0.2, 0.25) is 0 Å². The fraction of sp³-hybridized carbons (Fsp3) is 0.235. The fourth-order valence-corrected chi connectivity index (χ4v) is 3.55. The second-order valence-electron chi connectivity index (χ2n) is 4.95. The van der Waals surface area contributed by atoms with E-state index in [0.29, 0.717) is 0 Å². The summed E-state index contributed by atoms with van der Waals surface area (Å²) in [5.41, 5.74) is 1.03. The molecule has 0 bridgehead atoms. The molecule has 1 unspecified atom stereocenters. The van der Waals surface area contributed by atoms with Gasteiger partial charge in [0, 0.05) is 18.4 Å². The third kappa shape index (κ3) is 3.22. The van der Waals surface area contributed by atoms with Crippen molar-refractivity contribution in [2.45, 2.75) is 12.3 Å². The highest BCUT2D eigenvalue weighted by molar-refractivity contribution is 7.99. The molecule has 1 amide bonds. The SMILES string of the molecule is Cc1ccc(C2SCCN2C(=O)/C=C/c2ccccc2)o1. The molecule has 2 heterocycles. The highest BCUT2D eigenvalue weighted by Crippen LogP contribution is 2.38. The van der Waals surface area contributed by atoms with Crippen LogP contribution in [0.5, 0.6) is 0 Å². The molecule has 2 aromatic rings. The average Bonchev–Trinajstić information content (AvgIpc) is 3.14. The summed E-state index contributed by atoms with van der Waals surface area (Å²) < 4.78 is 5.67. The maximum Gasteiger partial charge on any atom is 0.247 e. The van der Waals surface area contributed by atoms with Crippen LogP contribution in [-0.4, -0.2) is 23.1 Å². The summed E-state index contributed by atoms with van der Waals surface area (Å²) >= 11 is 1.74. The number of nitrogens with zero attached hydrogens (tertiary/aromatic N) is 1. The zero-order valence-electron chi connectivity index (χ0n) is 11.9. The predicted octanol–water partition coefficient (Wildman–Crippen LogP) is 3.88. The maximum atomic E-state index is 12.4. The van der Waals surface area contributed by atoms with Crippen molar-refractivity contribution in [3.05, 3.63) is 65.6 Å². The smallest absolute Gasteiger partial charge is 0.247 e. The summed E-state index contributed by atoms with van der Waals surface area (Å²) in [4.78, 5) is 14.3. The van der Waals surface area contributed by atoms with Crippen LogP contribution in [0.1, 0.15) is 22.5 Å². The molecule has 4 heteroatoms. The minimum atomic E-state index is -0.00776.